The number of carbonyl (C=O) groups excluding carboxylic acids is 1. The summed E-state index contributed by atoms with van der Waals surface area (Å²) in [4.78, 5) is 18.6. The lowest BCUT2D eigenvalue weighted by atomic mass is 10.2. The average Bonchev–Trinajstić information content (AvgIpc) is 3.40. The van der Waals surface area contributed by atoms with Crippen LogP contribution in [0.25, 0.3) is 5.82 Å². The van der Waals surface area contributed by atoms with Crippen LogP contribution in [0.5, 0.6) is 0 Å². The third-order valence-corrected chi connectivity index (χ3v) is 4.34. The van der Waals surface area contributed by atoms with Gasteiger partial charge in [0.1, 0.15) is 0 Å². The third-order valence-electron chi connectivity index (χ3n) is 4.34. The third kappa shape index (κ3) is 4.37. The Kier molecular flexibility index (Phi) is 5.60. The van der Waals surface area contributed by atoms with E-state index >= 15 is 0 Å². The summed E-state index contributed by atoms with van der Waals surface area (Å²) in [5.41, 5.74) is 10.5. The fourth-order valence-electron chi connectivity index (χ4n) is 2.79. The van der Waals surface area contributed by atoms with Crippen molar-refractivity contribution in [1.82, 2.24) is 35.7 Å². The molecule has 3 N–H and O–H groups in total. The first-order valence-electron chi connectivity index (χ1n) is 9.16. The number of nitrogens with two attached hydrogens (primary N) is 1. The molecule has 4 aromatic rings. The van der Waals surface area contributed by atoms with Crippen molar-refractivity contribution in [2.24, 2.45) is 5.10 Å². The normalized spacial score (nSPS) is 11.0. The van der Waals surface area contributed by atoms with Gasteiger partial charge in [0.15, 0.2) is 5.69 Å². The van der Waals surface area contributed by atoms with E-state index < -0.39 is 5.91 Å². The molecular formula is C19H18N10O2. The number of aromatic nitrogens is 6. The van der Waals surface area contributed by atoms with Gasteiger partial charge in [0.25, 0.3) is 5.91 Å². The Morgan fingerprint density at radius 3 is 2.71 bits per heavy atom. The monoisotopic (exact) mass is 418 g/mol. The molecule has 0 radical (unpaired) electrons. The van der Waals surface area contributed by atoms with Gasteiger partial charge >= 0.3 is 0 Å². The van der Waals surface area contributed by atoms with Crippen molar-refractivity contribution in [2.75, 3.05) is 17.7 Å². The largest absolute Gasteiger partial charge is 0.378 e. The molecule has 0 aliphatic carbocycles. The number of anilines is 2. The maximum absolute atomic E-state index is 12.8. The van der Waals surface area contributed by atoms with E-state index in [4.69, 9.17) is 5.73 Å². The molecule has 12 nitrogen and oxygen atoms in total. The van der Waals surface area contributed by atoms with Gasteiger partial charge in [-0.15, -0.1) is 5.10 Å². The van der Waals surface area contributed by atoms with E-state index in [-0.39, 0.29) is 23.9 Å². The number of hydrazone groups is 1. The molecule has 0 spiro atoms. The summed E-state index contributed by atoms with van der Waals surface area (Å²) in [6, 6.07) is 13.2. The number of hydrogen-bond donors (Lipinski definition) is 2. The van der Waals surface area contributed by atoms with Gasteiger partial charge in [-0.1, -0.05) is 23.4 Å². The number of pyridine rings is 1. The summed E-state index contributed by atoms with van der Waals surface area (Å²) in [6.07, 6.45) is 4.75. The number of hydrogen-bond acceptors (Lipinski definition) is 10. The molecule has 0 saturated heterocycles. The molecule has 0 aliphatic heterocycles. The van der Waals surface area contributed by atoms with E-state index in [9.17, 15) is 4.79 Å². The quantitative estimate of drug-likeness (QED) is 0.331. The molecule has 0 atom stereocenters. The standard InChI is InChI=1S/C19H18N10O2/c1-28(14-5-3-2-4-6-14)12-15-16(23-27-29(15)18-17(20)25-31-26-18)19(30)24-22-11-13-7-9-21-10-8-13/h2-11H,12H2,1H3,(H2,20,25)(H,24,30). The van der Waals surface area contributed by atoms with E-state index in [0.29, 0.717) is 5.69 Å². The average molecular weight is 418 g/mol. The fraction of sp³-hybridized carbons (Fsp3) is 0.105. The SMILES string of the molecule is CN(Cc1c(C(=O)NN=Cc2ccncc2)nnn1-c1nonc1N)c1ccccc1. The van der Waals surface area contributed by atoms with Crippen molar-refractivity contribution in [3.05, 3.63) is 71.8 Å². The number of amides is 1. The zero-order valence-corrected chi connectivity index (χ0v) is 16.5. The summed E-state index contributed by atoms with van der Waals surface area (Å²) in [7, 11) is 1.88. The topological polar surface area (TPSA) is 153 Å². The summed E-state index contributed by atoms with van der Waals surface area (Å²) in [5, 5.41) is 19.3. The van der Waals surface area contributed by atoms with Crippen LogP contribution in [0.15, 0.2) is 64.6 Å². The zero-order chi connectivity index (χ0) is 21.6. The highest BCUT2D eigenvalue weighted by Crippen LogP contribution is 2.20. The number of rotatable bonds is 7. The van der Waals surface area contributed by atoms with Gasteiger partial charge in [-0.25, -0.2) is 10.1 Å². The second-order valence-electron chi connectivity index (χ2n) is 6.44. The smallest absolute Gasteiger partial charge is 0.293 e. The first-order valence-corrected chi connectivity index (χ1v) is 9.16. The molecule has 1 aromatic carbocycles. The maximum Gasteiger partial charge on any atom is 0.293 e. The Morgan fingerprint density at radius 1 is 1.23 bits per heavy atom. The Labute approximate surface area is 176 Å². The van der Waals surface area contributed by atoms with Gasteiger partial charge < -0.3 is 10.6 Å². The number of nitrogens with one attached hydrogen (secondary N) is 1. The van der Waals surface area contributed by atoms with E-state index in [2.05, 4.69) is 40.8 Å². The molecule has 0 bridgehead atoms. The van der Waals surface area contributed by atoms with Crippen molar-refractivity contribution in [3.8, 4) is 5.82 Å². The molecule has 4 rings (SSSR count). The van der Waals surface area contributed by atoms with Crippen LogP contribution in [0.3, 0.4) is 0 Å². The van der Waals surface area contributed by atoms with E-state index in [1.807, 2.05) is 42.3 Å². The van der Waals surface area contributed by atoms with Gasteiger partial charge in [0.05, 0.1) is 18.5 Å². The van der Waals surface area contributed by atoms with Gasteiger partial charge in [0.2, 0.25) is 11.6 Å². The highest BCUT2D eigenvalue weighted by molar-refractivity contribution is 5.94. The number of nitrogens with zero attached hydrogens (tertiary/aromatic N) is 8. The first-order chi connectivity index (χ1) is 15.1. The number of para-hydroxylation sites is 1. The molecule has 0 unspecified atom stereocenters. The molecule has 3 aromatic heterocycles. The van der Waals surface area contributed by atoms with Crippen LogP contribution < -0.4 is 16.1 Å². The molecular weight excluding hydrogens is 400 g/mol. The Morgan fingerprint density at radius 2 is 2.00 bits per heavy atom. The second kappa shape index (κ2) is 8.82. The fourth-order valence-corrected chi connectivity index (χ4v) is 2.79. The Hall–Kier alpha value is -4.61. The van der Waals surface area contributed by atoms with Gasteiger partial charge in [0, 0.05) is 25.1 Å². The molecule has 3 heterocycles. The summed E-state index contributed by atoms with van der Waals surface area (Å²) in [6.45, 7) is 0.278. The van der Waals surface area contributed by atoms with Crippen LogP contribution in [0.1, 0.15) is 21.7 Å². The van der Waals surface area contributed by atoms with Crippen LogP contribution >= 0.6 is 0 Å². The van der Waals surface area contributed by atoms with E-state index in [1.165, 1.54) is 10.9 Å². The van der Waals surface area contributed by atoms with Crippen LogP contribution in [-0.4, -0.2) is 49.5 Å². The first kappa shape index (κ1) is 19.7. The summed E-state index contributed by atoms with van der Waals surface area (Å²) in [5.74, 6) is -0.373. The van der Waals surface area contributed by atoms with Gasteiger partial charge in [-0.2, -0.15) is 9.78 Å². The summed E-state index contributed by atoms with van der Waals surface area (Å²) < 4.78 is 6.00. The zero-order valence-electron chi connectivity index (χ0n) is 16.5. The van der Waals surface area contributed by atoms with E-state index in [1.54, 1.807) is 24.5 Å². The highest BCUT2D eigenvalue weighted by atomic mass is 16.6. The molecule has 0 aliphatic rings. The molecule has 12 heteroatoms. The number of carbonyl (C=O) groups is 1. The number of benzene rings is 1. The lowest BCUT2D eigenvalue weighted by Crippen LogP contribution is -2.24. The highest BCUT2D eigenvalue weighted by Gasteiger charge is 2.25. The van der Waals surface area contributed by atoms with Crippen molar-refractivity contribution >= 4 is 23.6 Å². The lowest BCUT2D eigenvalue weighted by Gasteiger charge is -2.19. The Balaban J connectivity index is 1.62. The Bertz CT molecular complexity index is 1190. The predicted molar refractivity (Wildman–Crippen MR) is 111 cm³/mol. The van der Waals surface area contributed by atoms with Crippen molar-refractivity contribution in [1.29, 1.82) is 0 Å². The minimum atomic E-state index is -0.539. The summed E-state index contributed by atoms with van der Waals surface area (Å²) >= 11 is 0. The van der Waals surface area contributed by atoms with Crippen LogP contribution in [-0.2, 0) is 6.54 Å². The predicted octanol–water partition coefficient (Wildman–Crippen LogP) is 1.03. The van der Waals surface area contributed by atoms with Crippen LogP contribution in [0.2, 0.25) is 0 Å². The van der Waals surface area contributed by atoms with Gasteiger partial charge in [-0.05, 0) is 40.1 Å². The van der Waals surface area contributed by atoms with E-state index in [0.717, 1.165) is 11.3 Å². The lowest BCUT2D eigenvalue weighted by molar-refractivity contribution is 0.0949. The molecule has 31 heavy (non-hydrogen) atoms. The van der Waals surface area contributed by atoms with Gasteiger partial charge in [-0.3, -0.25) is 9.78 Å². The molecule has 0 saturated carbocycles. The molecule has 1 amide bonds. The molecule has 0 fully saturated rings. The molecule has 156 valence electrons. The van der Waals surface area contributed by atoms with Crippen molar-refractivity contribution in [3.63, 3.8) is 0 Å². The maximum atomic E-state index is 12.8. The minimum absolute atomic E-state index is 0.0242. The van der Waals surface area contributed by atoms with Crippen molar-refractivity contribution < 1.29 is 9.42 Å². The van der Waals surface area contributed by atoms with Crippen molar-refractivity contribution in [2.45, 2.75) is 6.54 Å². The minimum Gasteiger partial charge on any atom is -0.378 e. The second-order valence-corrected chi connectivity index (χ2v) is 6.44. The van der Waals surface area contributed by atoms with Crippen LogP contribution in [0, 0.1) is 0 Å². The van der Waals surface area contributed by atoms with Crippen LogP contribution in [0.4, 0.5) is 11.5 Å². The number of nitrogen functional groups attached to an aromatic ring is 1.